The third-order valence-electron chi connectivity index (χ3n) is 4.02. The molecule has 0 unspecified atom stereocenters. The standard InChI is InChI=1S/C14H19ClN4O4/c15-12-11(6-16-18-13(12)20)19-4-3-10(7-19)23-14(21)17-9-2-1-5-22-8-9/h6,9-10H,1-5,7-8H2,(H,17,21)(H,18,20)/t9-,10+/m0/s1. The fourth-order valence-corrected chi connectivity index (χ4v) is 3.05. The highest BCUT2D eigenvalue weighted by Gasteiger charge is 2.28. The Labute approximate surface area is 138 Å². The molecule has 23 heavy (non-hydrogen) atoms. The Morgan fingerprint density at radius 2 is 2.39 bits per heavy atom. The summed E-state index contributed by atoms with van der Waals surface area (Å²) >= 11 is 6.00. The molecule has 2 fully saturated rings. The van der Waals surface area contributed by atoms with E-state index in [2.05, 4.69) is 15.5 Å². The molecular weight excluding hydrogens is 324 g/mol. The van der Waals surface area contributed by atoms with Gasteiger partial charge in [-0.15, -0.1) is 0 Å². The number of halogens is 1. The average molecular weight is 343 g/mol. The molecule has 8 nitrogen and oxygen atoms in total. The summed E-state index contributed by atoms with van der Waals surface area (Å²) in [6.07, 6.45) is 3.36. The molecule has 0 spiro atoms. The van der Waals surface area contributed by atoms with Crippen molar-refractivity contribution in [3.8, 4) is 0 Å². The molecule has 1 aromatic heterocycles. The van der Waals surface area contributed by atoms with Crippen molar-refractivity contribution in [3.63, 3.8) is 0 Å². The van der Waals surface area contributed by atoms with Crippen molar-refractivity contribution < 1.29 is 14.3 Å². The number of H-pyrrole nitrogens is 1. The van der Waals surface area contributed by atoms with Crippen LogP contribution in [0.1, 0.15) is 19.3 Å². The van der Waals surface area contributed by atoms with E-state index in [1.165, 1.54) is 6.20 Å². The van der Waals surface area contributed by atoms with Gasteiger partial charge in [0.25, 0.3) is 5.56 Å². The maximum absolute atomic E-state index is 11.9. The van der Waals surface area contributed by atoms with Crippen LogP contribution < -0.4 is 15.8 Å². The number of ether oxygens (including phenoxy) is 2. The number of hydrogen-bond donors (Lipinski definition) is 2. The lowest BCUT2D eigenvalue weighted by Gasteiger charge is -2.24. The highest BCUT2D eigenvalue weighted by Crippen LogP contribution is 2.25. The molecule has 2 aliphatic heterocycles. The fourth-order valence-electron chi connectivity index (χ4n) is 2.84. The fraction of sp³-hybridized carbons (Fsp3) is 0.643. The van der Waals surface area contributed by atoms with Crippen LogP contribution in [0.25, 0.3) is 0 Å². The maximum Gasteiger partial charge on any atom is 0.407 e. The van der Waals surface area contributed by atoms with Crippen molar-refractivity contribution in [1.82, 2.24) is 15.5 Å². The predicted molar refractivity (Wildman–Crippen MR) is 83.9 cm³/mol. The summed E-state index contributed by atoms with van der Waals surface area (Å²) < 4.78 is 10.8. The average Bonchev–Trinajstić information content (AvgIpc) is 2.99. The van der Waals surface area contributed by atoms with E-state index in [9.17, 15) is 9.59 Å². The second kappa shape index (κ2) is 7.18. The van der Waals surface area contributed by atoms with Gasteiger partial charge in [-0.25, -0.2) is 9.89 Å². The van der Waals surface area contributed by atoms with Gasteiger partial charge in [-0.2, -0.15) is 5.10 Å². The van der Waals surface area contributed by atoms with Crippen molar-refractivity contribution in [1.29, 1.82) is 0 Å². The Bertz CT molecular complexity index is 617. The van der Waals surface area contributed by atoms with Crippen molar-refractivity contribution in [2.75, 3.05) is 31.2 Å². The molecule has 3 heterocycles. The summed E-state index contributed by atoms with van der Waals surface area (Å²) in [5.74, 6) is 0. The molecule has 0 saturated carbocycles. The van der Waals surface area contributed by atoms with Crippen molar-refractivity contribution in [2.24, 2.45) is 0 Å². The summed E-state index contributed by atoms with van der Waals surface area (Å²) in [6, 6.07) is 0.0140. The van der Waals surface area contributed by atoms with E-state index in [1.54, 1.807) is 0 Å². The second-order valence-electron chi connectivity index (χ2n) is 5.72. The number of aromatic nitrogens is 2. The van der Waals surface area contributed by atoms with E-state index >= 15 is 0 Å². The maximum atomic E-state index is 11.9. The number of alkyl carbamates (subject to hydrolysis) is 1. The normalized spacial score (nSPS) is 24.5. The van der Waals surface area contributed by atoms with Crippen LogP contribution in [0.4, 0.5) is 10.5 Å². The quantitative estimate of drug-likeness (QED) is 0.847. The van der Waals surface area contributed by atoms with Crippen molar-refractivity contribution in [3.05, 3.63) is 21.6 Å². The van der Waals surface area contributed by atoms with Crippen LogP contribution in [-0.4, -0.2) is 54.7 Å². The van der Waals surface area contributed by atoms with Gasteiger partial charge in [0.15, 0.2) is 0 Å². The number of carbonyl (C=O) groups excluding carboxylic acids is 1. The van der Waals surface area contributed by atoms with E-state index in [0.717, 1.165) is 19.4 Å². The monoisotopic (exact) mass is 342 g/mol. The third kappa shape index (κ3) is 3.94. The van der Waals surface area contributed by atoms with Gasteiger partial charge in [-0.05, 0) is 12.8 Å². The van der Waals surface area contributed by atoms with Crippen LogP contribution in [0.5, 0.6) is 0 Å². The third-order valence-corrected chi connectivity index (χ3v) is 4.38. The largest absolute Gasteiger partial charge is 0.444 e. The van der Waals surface area contributed by atoms with Crippen LogP contribution in [0, 0.1) is 0 Å². The molecule has 2 aliphatic rings. The topological polar surface area (TPSA) is 96.6 Å². The van der Waals surface area contributed by atoms with Gasteiger partial charge >= 0.3 is 6.09 Å². The zero-order valence-electron chi connectivity index (χ0n) is 12.6. The summed E-state index contributed by atoms with van der Waals surface area (Å²) in [6.45, 7) is 2.41. The van der Waals surface area contributed by atoms with Crippen LogP contribution in [-0.2, 0) is 9.47 Å². The molecule has 0 aromatic carbocycles. The summed E-state index contributed by atoms with van der Waals surface area (Å²) in [4.78, 5) is 25.3. The van der Waals surface area contributed by atoms with Crippen molar-refractivity contribution >= 4 is 23.4 Å². The Kier molecular flexibility index (Phi) is 5.02. The molecule has 2 N–H and O–H groups in total. The van der Waals surface area contributed by atoms with Gasteiger partial charge in [-0.3, -0.25) is 4.79 Å². The zero-order valence-corrected chi connectivity index (χ0v) is 13.3. The number of hydrogen-bond acceptors (Lipinski definition) is 6. The van der Waals surface area contributed by atoms with Gasteiger partial charge in [-0.1, -0.05) is 11.6 Å². The molecular formula is C14H19ClN4O4. The first-order valence-electron chi connectivity index (χ1n) is 7.66. The van der Waals surface area contributed by atoms with Gasteiger partial charge in [0.2, 0.25) is 0 Å². The lowest BCUT2D eigenvalue weighted by molar-refractivity contribution is 0.0587. The van der Waals surface area contributed by atoms with Gasteiger partial charge in [0, 0.05) is 19.6 Å². The van der Waals surface area contributed by atoms with Crippen LogP contribution in [0.2, 0.25) is 5.02 Å². The van der Waals surface area contributed by atoms with Gasteiger partial charge < -0.3 is 19.7 Å². The molecule has 2 saturated heterocycles. The molecule has 9 heteroatoms. The minimum Gasteiger partial charge on any atom is -0.444 e. The van der Waals surface area contributed by atoms with Crippen LogP contribution in [0.15, 0.2) is 11.0 Å². The number of carbonyl (C=O) groups is 1. The number of anilines is 1. The summed E-state index contributed by atoms with van der Waals surface area (Å²) in [7, 11) is 0. The molecule has 0 bridgehead atoms. The Hall–Kier alpha value is -1.80. The number of rotatable bonds is 3. The van der Waals surface area contributed by atoms with Gasteiger partial charge in [0.1, 0.15) is 11.1 Å². The molecule has 0 aliphatic carbocycles. The van der Waals surface area contributed by atoms with Crippen LogP contribution >= 0.6 is 11.6 Å². The van der Waals surface area contributed by atoms with E-state index < -0.39 is 11.7 Å². The van der Waals surface area contributed by atoms with Crippen molar-refractivity contribution in [2.45, 2.75) is 31.4 Å². The highest BCUT2D eigenvalue weighted by atomic mass is 35.5. The first kappa shape index (κ1) is 16.1. The Morgan fingerprint density at radius 3 is 3.17 bits per heavy atom. The van der Waals surface area contributed by atoms with Crippen LogP contribution in [0.3, 0.4) is 0 Å². The Morgan fingerprint density at radius 1 is 1.52 bits per heavy atom. The number of nitrogens with one attached hydrogen (secondary N) is 2. The lowest BCUT2D eigenvalue weighted by atomic mass is 10.1. The minimum absolute atomic E-state index is 0.0140. The molecule has 2 atom stereocenters. The number of aromatic amines is 1. The summed E-state index contributed by atoms with van der Waals surface area (Å²) in [5, 5.41) is 8.96. The predicted octanol–water partition coefficient (Wildman–Crippen LogP) is 0.907. The molecule has 0 radical (unpaired) electrons. The highest BCUT2D eigenvalue weighted by molar-refractivity contribution is 6.33. The van der Waals surface area contributed by atoms with E-state index in [0.29, 0.717) is 31.8 Å². The molecule has 1 amide bonds. The molecule has 1 aromatic rings. The smallest absolute Gasteiger partial charge is 0.407 e. The Balaban J connectivity index is 1.52. The summed E-state index contributed by atoms with van der Waals surface area (Å²) in [5.41, 5.74) is 0.131. The van der Waals surface area contributed by atoms with E-state index in [-0.39, 0.29) is 17.2 Å². The number of amides is 1. The first-order valence-corrected chi connectivity index (χ1v) is 8.04. The minimum atomic E-state index is -0.428. The molecule has 3 rings (SSSR count). The zero-order chi connectivity index (χ0) is 16.2. The lowest BCUT2D eigenvalue weighted by Crippen LogP contribution is -2.42. The molecule has 126 valence electrons. The van der Waals surface area contributed by atoms with E-state index in [1.807, 2.05) is 4.90 Å². The SMILES string of the molecule is O=C(N[C@H]1CCCOC1)O[C@@H]1CCN(c2cn[nH]c(=O)c2Cl)C1. The second-order valence-corrected chi connectivity index (χ2v) is 6.10. The van der Waals surface area contributed by atoms with E-state index in [4.69, 9.17) is 21.1 Å². The first-order chi connectivity index (χ1) is 11.1. The van der Waals surface area contributed by atoms with Gasteiger partial charge in [0.05, 0.1) is 31.1 Å². The number of nitrogens with zero attached hydrogens (tertiary/aromatic N) is 2.